The zero-order chi connectivity index (χ0) is 18.8. The Kier molecular flexibility index (Phi) is 5.24. The molecule has 1 heterocycles. The summed E-state index contributed by atoms with van der Waals surface area (Å²) in [5, 5.41) is 0.265. The van der Waals surface area contributed by atoms with Gasteiger partial charge in [-0.15, -0.1) is 0 Å². The van der Waals surface area contributed by atoms with Gasteiger partial charge in [0.1, 0.15) is 23.0 Å². The zero-order valence-electron chi connectivity index (χ0n) is 14.2. The third-order valence-electron chi connectivity index (χ3n) is 3.77. The van der Waals surface area contributed by atoms with E-state index in [1.54, 1.807) is 12.1 Å². The maximum Gasteiger partial charge on any atom is 0.263 e. The van der Waals surface area contributed by atoms with Crippen LogP contribution in [0.1, 0.15) is 10.4 Å². The number of nitrogens with zero attached hydrogens (tertiary/aromatic N) is 3. The van der Waals surface area contributed by atoms with Crippen LogP contribution in [0, 0.1) is 17.5 Å². The van der Waals surface area contributed by atoms with Crippen LogP contribution in [0.3, 0.4) is 0 Å². The van der Waals surface area contributed by atoms with E-state index >= 15 is 0 Å². The van der Waals surface area contributed by atoms with Gasteiger partial charge in [-0.2, -0.15) is 0 Å². The second-order valence-corrected chi connectivity index (χ2v) is 6.98. The van der Waals surface area contributed by atoms with E-state index in [0.717, 1.165) is 23.5 Å². The molecule has 0 saturated carbocycles. The molecule has 0 spiro atoms. The topological polar surface area (TPSA) is 36.4 Å². The van der Waals surface area contributed by atoms with E-state index in [4.69, 9.17) is 0 Å². The van der Waals surface area contributed by atoms with Gasteiger partial charge < -0.3 is 4.90 Å². The number of aromatic nitrogens is 1. The van der Waals surface area contributed by atoms with Crippen LogP contribution in [-0.4, -0.2) is 43.0 Å². The molecule has 0 aliphatic heterocycles. The molecule has 3 aromatic rings. The molecule has 0 unspecified atom stereocenters. The fourth-order valence-corrected chi connectivity index (χ4v) is 3.42. The number of likely N-dealkylation sites (N-methyl/N-ethyl adjacent to an activating group) is 1. The highest BCUT2D eigenvalue weighted by Crippen LogP contribution is 2.31. The van der Waals surface area contributed by atoms with Gasteiger partial charge in [-0.25, -0.2) is 18.2 Å². The third kappa shape index (κ3) is 3.71. The van der Waals surface area contributed by atoms with Gasteiger partial charge in [0.25, 0.3) is 5.91 Å². The molecule has 0 fully saturated rings. The molecule has 0 bridgehead atoms. The van der Waals surface area contributed by atoms with E-state index in [9.17, 15) is 18.0 Å². The lowest BCUT2D eigenvalue weighted by molar-refractivity contribution is 0.0981. The third-order valence-corrected chi connectivity index (χ3v) is 4.81. The molecule has 0 N–H and O–H groups in total. The van der Waals surface area contributed by atoms with E-state index in [2.05, 4.69) is 4.98 Å². The quantitative estimate of drug-likeness (QED) is 0.674. The van der Waals surface area contributed by atoms with Crippen molar-refractivity contribution in [2.75, 3.05) is 32.1 Å². The number of benzene rings is 2. The Balaban J connectivity index is 2.03. The number of amides is 1. The van der Waals surface area contributed by atoms with Crippen LogP contribution in [0.2, 0.25) is 0 Å². The number of carbonyl (C=O) groups is 1. The highest BCUT2D eigenvalue weighted by molar-refractivity contribution is 7.22. The van der Waals surface area contributed by atoms with Crippen LogP contribution < -0.4 is 4.90 Å². The van der Waals surface area contributed by atoms with Gasteiger partial charge in [0.15, 0.2) is 5.13 Å². The fourth-order valence-electron chi connectivity index (χ4n) is 2.41. The van der Waals surface area contributed by atoms with Crippen molar-refractivity contribution in [3.63, 3.8) is 0 Å². The minimum Gasteiger partial charge on any atom is -0.308 e. The second-order valence-electron chi connectivity index (χ2n) is 5.97. The van der Waals surface area contributed by atoms with Gasteiger partial charge in [-0.3, -0.25) is 9.69 Å². The first-order valence-corrected chi connectivity index (χ1v) is 8.65. The number of thiazole rings is 1. The van der Waals surface area contributed by atoms with Gasteiger partial charge >= 0.3 is 0 Å². The van der Waals surface area contributed by atoms with Gasteiger partial charge in [0.2, 0.25) is 0 Å². The van der Waals surface area contributed by atoms with Crippen LogP contribution in [0.25, 0.3) is 10.2 Å². The summed E-state index contributed by atoms with van der Waals surface area (Å²) in [6, 6.07) is 7.34. The molecular weight excluding hydrogens is 363 g/mol. The minimum absolute atomic E-state index is 0.162. The number of anilines is 1. The lowest BCUT2D eigenvalue weighted by atomic mass is 10.2. The SMILES string of the molecule is CN(C)CCN(C(=O)c1ccc(F)cc1F)c1nc2c(F)cccc2s1. The Hall–Kier alpha value is -2.45. The average Bonchev–Trinajstić information content (AvgIpc) is 3.00. The highest BCUT2D eigenvalue weighted by Gasteiger charge is 2.24. The largest absolute Gasteiger partial charge is 0.308 e. The summed E-state index contributed by atoms with van der Waals surface area (Å²) in [6.07, 6.45) is 0. The molecule has 0 saturated heterocycles. The number of hydrogen-bond donors (Lipinski definition) is 0. The van der Waals surface area contributed by atoms with Crippen molar-refractivity contribution in [2.24, 2.45) is 0 Å². The molecule has 0 atom stereocenters. The molecule has 4 nitrogen and oxygen atoms in total. The smallest absolute Gasteiger partial charge is 0.263 e. The molecular formula is C18H16F3N3OS. The molecule has 0 radical (unpaired) electrons. The van der Waals surface area contributed by atoms with Crippen LogP contribution in [0.15, 0.2) is 36.4 Å². The predicted molar refractivity (Wildman–Crippen MR) is 96.2 cm³/mol. The zero-order valence-corrected chi connectivity index (χ0v) is 15.0. The lowest BCUT2D eigenvalue weighted by Crippen LogP contribution is -2.37. The van der Waals surface area contributed by atoms with E-state index in [1.807, 2.05) is 19.0 Å². The Morgan fingerprint density at radius 2 is 1.85 bits per heavy atom. The van der Waals surface area contributed by atoms with Crippen molar-refractivity contribution in [2.45, 2.75) is 0 Å². The fraction of sp³-hybridized carbons (Fsp3) is 0.222. The van der Waals surface area contributed by atoms with Crippen LogP contribution in [-0.2, 0) is 0 Å². The van der Waals surface area contributed by atoms with Crippen molar-refractivity contribution in [3.8, 4) is 0 Å². The summed E-state index contributed by atoms with van der Waals surface area (Å²) in [4.78, 5) is 20.2. The number of para-hydroxylation sites is 1. The maximum atomic E-state index is 14.1. The number of halogens is 3. The van der Waals surface area contributed by atoms with Gasteiger partial charge in [0, 0.05) is 19.2 Å². The summed E-state index contributed by atoms with van der Waals surface area (Å²) in [5.74, 6) is -2.85. The summed E-state index contributed by atoms with van der Waals surface area (Å²) < 4.78 is 41.7. The molecule has 0 aliphatic carbocycles. The molecule has 3 rings (SSSR count). The van der Waals surface area contributed by atoms with Crippen LogP contribution >= 0.6 is 11.3 Å². The van der Waals surface area contributed by atoms with Crippen LogP contribution in [0.5, 0.6) is 0 Å². The standard InChI is InChI=1S/C18H16F3N3OS/c1-23(2)8-9-24(17(25)12-7-6-11(19)10-14(12)21)18-22-16-13(20)4-3-5-15(16)26-18/h3-7,10H,8-9H2,1-2H3. The number of hydrogen-bond acceptors (Lipinski definition) is 4. The highest BCUT2D eigenvalue weighted by atomic mass is 32.1. The Bertz CT molecular complexity index is 958. The normalized spacial score (nSPS) is 11.3. The predicted octanol–water partition coefficient (Wildman–Crippen LogP) is 3.92. The minimum atomic E-state index is -0.947. The summed E-state index contributed by atoms with van der Waals surface area (Å²) in [6.45, 7) is 0.719. The molecule has 26 heavy (non-hydrogen) atoms. The van der Waals surface area contributed by atoms with Crippen molar-refractivity contribution in [1.82, 2.24) is 9.88 Å². The monoisotopic (exact) mass is 379 g/mol. The molecule has 2 aromatic carbocycles. The van der Waals surface area contributed by atoms with Crippen molar-refractivity contribution in [1.29, 1.82) is 0 Å². The molecule has 8 heteroatoms. The first-order chi connectivity index (χ1) is 12.4. The number of fused-ring (bicyclic) bond motifs is 1. The van der Waals surface area contributed by atoms with E-state index in [0.29, 0.717) is 17.3 Å². The van der Waals surface area contributed by atoms with Gasteiger partial charge in [0.05, 0.1) is 10.3 Å². The summed E-state index contributed by atoms with van der Waals surface area (Å²) >= 11 is 1.14. The molecule has 0 aliphatic rings. The summed E-state index contributed by atoms with van der Waals surface area (Å²) in [7, 11) is 3.66. The first-order valence-electron chi connectivity index (χ1n) is 7.83. The van der Waals surface area contributed by atoms with Crippen molar-refractivity contribution in [3.05, 3.63) is 59.4 Å². The van der Waals surface area contributed by atoms with Crippen molar-refractivity contribution < 1.29 is 18.0 Å². The number of carbonyl (C=O) groups excluding carboxylic acids is 1. The van der Waals surface area contributed by atoms with E-state index in [1.165, 1.54) is 11.0 Å². The first kappa shape index (κ1) is 18.3. The molecule has 1 aromatic heterocycles. The van der Waals surface area contributed by atoms with Gasteiger partial charge in [-0.05, 0) is 38.4 Å². The molecule has 136 valence electrons. The molecule has 1 amide bonds. The van der Waals surface area contributed by atoms with E-state index < -0.39 is 23.4 Å². The number of rotatable bonds is 5. The maximum absolute atomic E-state index is 14.1. The Morgan fingerprint density at radius 3 is 2.50 bits per heavy atom. The second kappa shape index (κ2) is 7.43. The average molecular weight is 379 g/mol. The van der Waals surface area contributed by atoms with Gasteiger partial charge in [-0.1, -0.05) is 17.4 Å². The van der Waals surface area contributed by atoms with Crippen LogP contribution in [0.4, 0.5) is 18.3 Å². The van der Waals surface area contributed by atoms with E-state index in [-0.39, 0.29) is 22.8 Å². The summed E-state index contributed by atoms with van der Waals surface area (Å²) in [5.41, 5.74) is -0.0976. The van der Waals surface area contributed by atoms with Crippen molar-refractivity contribution >= 4 is 32.6 Å². The lowest BCUT2D eigenvalue weighted by Gasteiger charge is -2.22. The Labute approximate surface area is 152 Å². The Morgan fingerprint density at radius 1 is 1.08 bits per heavy atom.